The van der Waals surface area contributed by atoms with Crippen LogP contribution in [0.15, 0.2) is 46.4 Å². The number of carbonyl (C=O) groups is 4. The average Bonchev–Trinajstić information content (AvgIpc) is 2.82. The number of halogens is 1. The Morgan fingerprint density at radius 3 is 2.49 bits per heavy atom. The summed E-state index contributed by atoms with van der Waals surface area (Å²) in [4.78, 5) is 49.5. The number of amides is 4. The average molecular weight is 547 g/mol. The highest BCUT2D eigenvalue weighted by Crippen LogP contribution is 2.30. The molecule has 3 rings (SSSR count). The van der Waals surface area contributed by atoms with Gasteiger partial charge in [0.2, 0.25) is 0 Å². The normalized spacial score (nSPS) is 14.7. The molecule has 2 aromatic rings. The molecule has 11 heteroatoms. The molecule has 0 spiro atoms. The number of carbonyl (C=O) groups excluding carboxylic acids is 3. The summed E-state index contributed by atoms with van der Waals surface area (Å²) in [5.41, 5.74) is 0.836. The summed E-state index contributed by atoms with van der Waals surface area (Å²) in [7, 11) is 1.49. The van der Waals surface area contributed by atoms with Crippen LogP contribution in [0.1, 0.15) is 24.5 Å². The Hall–Kier alpha value is -3.86. The lowest BCUT2D eigenvalue weighted by molar-refractivity contribution is -0.139. The molecule has 0 aliphatic carbocycles. The highest BCUT2D eigenvalue weighted by atomic mass is 79.9. The van der Waals surface area contributed by atoms with E-state index in [0.717, 1.165) is 11.3 Å². The number of aliphatic carboxylic acids is 1. The van der Waals surface area contributed by atoms with Crippen molar-refractivity contribution in [2.45, 2.75) is 19.9 Å². The van der Waals surface area contributed by atoms with Crippen molar-refractivity contribution in [1.82, 2.24) is 10.2 Å². The van der Waals surface area contributed by atoms with E-state index in [-0.39, 0.29) is 17.9 Å². The monoisotopic (exact) mass is 546 g/mol. The van der Waals surface area contributed by atoms with Crippen LogP contribution in [0.5, 0.6) is 17.2 Å². The molecule has 0 aromatic heterocycles. The molecule has 1 aliphatic rings. The van der Waals surface area contributed by atoms with Gasteiger partial charge in [0.05, 0.1) is 24.7 Å². The van der Waals surface area contributed by atoms with Gasteiger partial charge in [-0.15, -0.1) is 0 Å². The molecule has 0 unspecified atom stereocenters. The van der Waals surface area contributed by atoms with E-state index in [1.807, 2.05) is 6.92 Å². The molecular formula is C24H23BrN2O8. The Morgan fingerprint density at radius 1 is 1.09 bits per heavy atom. The van der Waals surface area contributed by atoms with Crippen molar-refractivity contribution in [1.29, 1.82) is 0 Å². The minimum atomic E-state index is -1.13. The van der Waals surface area contributed by atoms with Crippen LogP contribution in [0.25, 0.3) is 6.08 Å². The third-order valence-electron chi connectivity index (χ3n) is 4.83. The molecule has 2 aromatic carbocycles. The fraction of sp³-hybridized carbons (Fsp3) is 0.250. The van der Waals surface area contributed by atoms with Gasteiger partial charge >= 0.3 is 12.0 Å². The van der Waals surface area contributed by atoms with E-state index in [2.05, 4.69) is 21.2 Å². The number of barbiturate groups is 1. The Morgan fingerprint density at radius 2 is 1.83 bits per heavy atom. The Balaban J connectivity index is 1.82. The molecule has 184 valence electrons. The van der Waals surface area contributed by atoms with Gasteiger partial charge in [0.25, 0.3) is 11.8 Å². The van der Waals surface area contributed by atoms with Crippen LogP contribution < -0.4 is 19.5 Å². The number of benzene rings is 2. The van der Waals surface area contributed by atoms with Crippen molar-refractivity contribution in [2.24, 2.45) is 0 Å². The predicted octanol–water partition coefficient (Wildman–Crippen LogP) is 3.37. The molecule has 4 amide bonds. The summed E-state index contributed by atoms with van der Waals surface area (Å²) in [6.45, 7) is 1.88. The van der Waals surface area contributed by atoms with E-state index in [1.165, 1.54) is 19.3 Å². The maximum Gasteiger partial charge on any atom is 0.341 e. The number of carboxylic acids is 1. The summed E-state index contributed by atoms with van der Waals surface area (Å²) in [5.74, 6) is -1.41. The number of imide groups is 2. The maximum atomic E-state index is 13.1. The summed E-state index contributed by atoms with van der Waals surface area (Å²) in [6, 6.07) is 8.85. The number of carboxylic acid groups (broad SMARTS) is 1. The SMILES string of the molecule is CCCOc1ccc(CN2C(=O)NC(=O)/C(=C\c3ccc(OCC(=O)O)c(Br)c3)C2=O)cc1OC. The van der Waals surface area contributed by atoms with Gasteiger partial charge in [-0.25, -0.2) is 9.59 Å². The van der Waals surface area contributed by atoms with Gasteiger partial charge in [-0.3, -0.25) is 19.8 Å². The standard InChI is InChI=1S/C24H23BrN2O8/c1-3-8-34-19-7-5-15(11-20(19)33-2)12-27-23(31)16(22(30)26-24(27)32)9-14-4-6-18(17(25)10-14)35-13-21(28)29/h4-7,9-11H,3,8,12-13H2,1-2H3,(H,28,29)(H,26,30,32)/b16-9+. The second kappa shape index (κ2) is 11.5. The molecule has 2 N–H and O–H groups in total. The van der Waals surface area contributed by atoms with Crippen molar-refractivity contribution in [3.05, 3.63) is 57.6 Å². The van der Waals surface area contributed by atoms with E-state index < -0.39 is 30.4 Å². The van der Waals surface area contributed by atoms with Crippen LogP contribution in [0.4, 0.5) is 4.79 Å². The fourth-order valence-electron chi connectivity index (χ4n) is 3.19. The zero-order valence-electron chi connectivity index (χ0n) is 19.0. The molecule has 1 aliphatic heterocycles. The second-order valence-corrected chi connectivity index (χ2v) is 8.27. The largest absolute Gasteiger partial charge is 0.493 e. The Labute approximate surface area is 209 Å². The number of ether oxygens (including phenoxy) is 3. The zero-order valence-corrected chi connectivity index (χ0v) is 20.6. The first kappa shape index (κ1) is 25.8. The van der Waals surface area contributed by atoms with E-state index in [4.69, 9.17) is 19.3 Å². The Kier molecular flexibility index (Phi) is 8.48. The number of hydrogen-bond donors (Lipinski definition) is 2. The van der Waals surface area contributed by atoms with Crippen LogP contribution in [-0.4, -0.2) is 54.1 Å². The number of nitrogens with one attached hydrogen (secondary N) is 1. The first-order valence-electron chi connectivity index (χ1n) is 10.6. The number of methoxy groups -OCH3 is 1. The van der Waals surface area contributed by atoms with Gasteiger partial charge in [-0.1, -0.05) is 19.1 Å². The van der Waals surface area contributed by atoms with Gasteiger partial charge in [-0.2, -0.15) is 0 Å². The van der Waals surface area contributed by atoms with Crippen molar-refractivity contribution < 1.29 is 38.5 Å². The zero-order chi connectivity index (χ0) is 25.5. The first-order valence-corrected chi connectivity index (χ1v) is 11.4. The molecule has 0 atom stereocenters. The van der Waals surface area contributed by atoms with Crippen LogP contribution in [0, 0.1) is 0 Å². The number of urea groups is 1. The van der Waals surface area contributed by atoms with E-state index in [9.17, 15) is 19.2 Å². The van der Waals surface area contributed by atoms with Crippen LogP contribution in [0.3, 0.4) is 0 Å². The minimum absolute atomic E-state index is 0.0919. The maximum absolute atomic E-state index is 13.1. The highest BCUT2D eigenvalue weighted by molar-refractivity contribution is 9.10. The van der Waals surface area contributed by atoms with Gasteiger partial charge in [0.15, 0.2) is 18.1 Å². The molecule has 0 saturated carbocycles. The van der Waals surface area contributed by atoms with E-state index in [1.54, 1.807) is 30.3 Å². The lowest BCUT2D eigenvalue weighted by Crippen LogP contribution is -2.53. The molecule has 1 heterocycles. The number of rotatable bonds is 10. The smallest absolute Gasteiger partial charge is 0.341 e. The summed E-state index contributed by atoms with van der Waals surface area (Å²) in [5, 5.41) is 10.9. The van der Waals surface area contributed by atoms with Gasteiger partial charge in [0, 0.05) is 0 Å². The molecule has 35 heavy (non-hydrogen) atoms. The molecule has 1 fully saturated rings. The molecule has 0 radical (unpaired) electrons. The van der Waals surface area contributed by atoms with Crippen molar-refractivity contribution >= 4 is 45.8 Å². The third kappa shape index (κ3) is 6.38. The first-order chi connectivity index (χ1) is 16.7. The number of hydrogen-bond acceptors (Lipinski definition) is 7. The summed E-state index contributed by atoms with van der Waals surface area (Å²) in [6.07, 6.45) is 2.16. The molecule has 1 saturated heterocycles. The van der Waals surface area contributed by atoms with E-state index >= 15 is 0 Å². The Bertz CT molecular complexity index is 1190. The van der Waals surface area contributed by atoms with E-state index in [0.29, 0.717) is 33.7 Å². The van der Waals surface area contributed by atoms with Crippen molar-refractivity contribution in [3.63, 3.8) is 0 Å². The molecule has 10 nitrogen and oxygen atoms in total. The highest BCUT2D eigenvalue weighted by Gasteiger charge is 2.35. The fourth-order valence-corrected chi connectivity index (χ4v) is 3.70. The van der Waals surface area contributed by atoms with Crippen LogP contribution >= 0.6 is 15.9 Å². The minimum Gasteiger partial charge on any atom is -0.493 e. The van der Waals surface area contributed by atoms with Gasteiger partial charge in [-0.05, 0) is 63.8 Å². The van der Waals surface area contributed by atoms with Gasteiger partial charge in [0.1, 0.15) is 11.3 Å². The molecular weight excluding hydrogens is 524 g/mol. The number of nitrogens with zero attached hydrogens (tertiary/aromatic N) is 1. The topological polar surface area (TPSA) is 131 Å². The van der Waals surface area contributed by atoms with Crippen LogP contribution in [-0.2, 0) is 20.9 Å². The molecule has 0 bridgehead atoms. The summed E-state index contributed by atoms with van der Waals surface area (Å²) >= 11 is 3.27. The van der Waals surface area contributed by atoms with Gasteiger partial charge < -0.3 is 19.3 Å². The lowest BCUT2D eigenvalue weighted by atomic mass is 10.1. The summed E-state index contributed by atoms with van der Waals surface area (Å²) < 4.78 is 16.6. The van der Waals surface area contributed by atoms with Crippen molar-refractivity contribution in [3.8, 4) is 17.2 Å². The second-order valence-electron chi connectivity index (χ2n) is 7.41. The quantitative estimate of drug-likeness (QED) is 0.342. The lowest BCUT2D eigenvalue weighted by Gasteiger charge is -2.26. The van der Waals surface area contributed by atoms with Crippen molar-refractivity contribution in [2.75, 3.05) is 20.3 Å². The third-order valence-corrected chi connectivity index (χ3v) is 5.45. The predicted molar refractivity (Wildman–Crippen MR) is 128 cm³/mol. The van der Waals surface area contributed by atoms with Crippen LogP contribution in [0.2, 0.25) is 0 Å².